The van der Waals surface area contributed by atoms with Crippen molar-refractivity contribution in [3.05, 3.63) is 95.7 Å². The van der Waals surface area contributed by atoms with Crippen molar-refractivity contribution in [2.24, 2.45) is 5.73 Å². The Hall–Kier alpha value is -4.35. The first-order valence-electron chi connectivity index (χ1n) is 10.1. The summed E-state index contributed by atoms with van der Waals surface area (Å²) >= 11 is 4.90. The molecule has 5 N–H and O–H groups in total. The second-order valence-corrected chi connectivity index (χ2v) is 9.53. The second-order valence-electron chi connectivity index (χ2n) is 7.41. The SMILES string of the molecule is NC(=S)c1ccc(C(=O)Nc2nc(C(=O)O)ccc2NS(=O)(=O)c2ccc3ccccc3c2)cc1. The van der Waals surface area contributed by atoms with Gasteiger partial charge in [-0.1, -0.05) is 54.7 Å². The lowest BCUT2D eigenvalue weighted by Gasteiger charge is -2.14. The van der Waals surface area contributed by atoms with E-state index >= 15 is 0 Å². The van der Waals surface area contributed by atoms with E-state index in [-0.39, 0.29) is 32.6 Å². The number of carbonyl (C=O) groups is 2. The number of amides is 1. The van der Waals surface area contributed by atoms with Crippen molar-refractivity contribution in [3.63, 3.8) is 0 Å². The van der Waals surface area contributed by atoms with E-state index < -0.39 is 21.9 Å². The molecular formula is C24H18N4O5S2. The Morgan fingerprint density at radius 3 is 2.20 bits per heavy atom. The molecule has 0 saturated heterocycles. The van der Waals surface area contributed by atoms with Crippen molar-refractivity contribution in [1.82, 2.24) is 4.98 Å². The van der Waals surface area contributed by atoms with Crippen LogP contribution in [0.5, 0.6) is 0 Å². The molecule has 1 heterocycles. The number of hydrogen-bond donors (Lipinski definition) is 4. The van der Waals surface area contributed by atoms with Gasteiger partial charge in [-0.3, -0.25) is 9.52 Å². The molecule has 0 atom stereocenters. The Bertz CT molecular complexity index is 1590. The third kappa shape index (κ3) is 5.26. The lowest BCUT2D eigenvalue weighted by atomic mass is 10.1. The monoisotopic (exact) mass is 506 g/mol. The van der Waals surface area contributed by atoms with E-state index in [4.69, 9.17) is 18.0 Å². The zero-order valence-corrected chi connectivity index (χ0v) is 19.6. The van der Waals surface area contributed by atoms with Crippen molar-refractivity contribution in [2.45, 2.75) is 4.90 Å². The van der Waals surface area contributed by atoms with E-state index in [1.165, 1.54) is 30.3 Å². The molecule has 0 radical (unpaired) electrons. The van der Waals surface area contributed by atoms with Crippen LogP contribution in [-0.4, -0.2) is 35.4 Å². The molecule has 0 aliphatic carbocycles. The fourth-order valence-corrected chi connectivity index (χ4v) is 4.50. The molecule has 4 rings (SSSR count). The van der Waals surface area contributed by atoms with Crippen molar-refractivity contribution in [2.75, 3.05) is 10.0 Å². The van der Waals surface area contributed by atoms with Crippen LogP contribution >= 0.6 is 12.2 Å². The van der Waals surface area contributed by atoms with Gasteiger partial charge < -0.3 is 16.2 Å². The number of anilines is 2. The zero-order chi connectivity index (χ0) is 25.2. The molecule has 0 unspecified atom stereocenters. The Labute approximate surface area is 205 Å². The van der Waals surface area contributed by atoms with Gasteiger partial charge in [0.05, 0.1) is 10.6 Å². The summed E-state index contributed by atoms with van der Waals surface area (Å²) in [4.78, 5) is 28.3. The highest BCUT2D eigenvalue weighted by Crippen LogP contribution is 2.26. The third-order valence-electron chi connectivity index (χ3n) is 5.05. The van der Waals surface area contributed by atoms with Crippen molar-refractivity contribution < 1.29 is 23.1 Å². The van der Waals surface area contributed by atoms with Gasteiger partial charge >= 0.3 is 5.97 Å². The number of pyridine rings is 1. The molecule has 3 aromatic carbocycles. The predicted octanol–water partition coefficient (Wildman–Crippen LogP) is 3.62. The van der Waals surface area contributed by atoms with Gasteiger partial charge in [0.15, 0.2) is 11.5 Å². The molecule has 1 amide bonds. The lowest BCUT2D eigenvalue weighted by Crippen LogP contribution is -2.19. The average molecular weight is 507 g/mol. The smallest absolute Gasteiger partial charge is 0.354 e. The number of aromatic carboxylic acids is 1. The lowest BCUT2D eigenvalue weighted by molar-refractivity contribution is 0.0690. The number of benzene rings is 3. The van der Waals surface area contributed by atoms with Crippen LogP contribution in [0.1, 0.15) is 26.4 Å². The standard InChI is InChI=1S/C24H18N4O5S2/c25-21(34)15-5-7-16(8-6-15)23(29)27-22-19(11-12-20(26-22)24(30)31)28-35(32,33)18-10-9-14-3-1-2-4-17(14)13-18/h1-13,28H,(H2,25,34)(H,30,31)(H,26,27,29). The van der Waals surface area contributed by atoms with E-state index in [0.29, 0.717) is 5.56 Å². The predicted molar refractivity (Wildman–Crippen MR) is 136 cm³/mol. The number of nitrogens with zero attached hydrogens (tertiary/aromatic N) is 1. The second kappa shape index (κ2) is 9.49. The normalized spacial score (nSPS) is 11.1. The summed E-state index contributed by atoms with van der Waals surface area (Å²) in [6, 6.07) is 20.3. The molecule has 0 bridgehead atoms. The largest absolute Gasteiger partial charge is 0.477 e. The molecule has 35 heavy (non-hydrogen) atoms. The number of fused-ring (bicyclic) bond motifs is 1. The van der Waals surface area contributed by atoms with Crippen LogP contribution in [0.2, 0.25) is 0 Å². The highest BCUT2D eigenvalue weighted by Gasteiger charge is 2.20. The summed E-state index contributed by atoms with van der Waals surface area (Å²) in [7, 11) is -4.09. The summed E-state index contributed by atoms with van der Waals surface area (Å²) in [6.07, 6.45) is 0. The van der Waals surface area contributed by atoms with E-state index in [2.05, 4.69) is 15.0 Å². The minimum absolute atomic E-state index is 0.0101. The molecule has 176 valence electrons. The maximum Gasteiger partial charge on any atom is 0.354 e. The van der Waals surface area contributed by atoms with Gasteiger partial charge in [0, 0.05) is 11.1 Å². The van der Waals surface area contributed by atoms with Crippen LogP contribution in [0.15, 0.2) is 83.8 Å². The molecule has 9 nitrogen and oxygen atoms in total. The van der Waals surface area contributed by atoms with Gasteiger partial charge in [-0.05, 0) is 47.2 Å². The highest BCUT2D eigenvalue weighted by molar-refractivity contribution is 7.92. The average Bonchev–Trinajstić information content (AvgIpc) is 2.84. The summed E-state index contributed by atoms with van der Waals surface area (Å²) in [5.41, 5.74) is 5.85. The number of nitrogens with two attached hydrogens (primary N) is 1. The zero-order valence-electron chi connectivity index (χ0n) is 17.9. The Morgan fingerprint density at radius 2 is 1.54 bits per heavy atom. The number of carbonyl (C=O) groups excluding carboxylic acids is 1. The molecule has 11 heteroatoms. The summed E-state index contributed by atoms with van der Waals surface area (Å²) < 4.78 is 28.5. The molecule has 0 aliphatic heterocycles. The van der Waals surface area contributed by atoms with Crippen molar-refractivity contribution in [3.8, 4) is 0 Å². The van der Waals surface area contributed by atoms with Crippen LogP contribution < -0.4 is 15.8 Å². The number of aromatic nitrogens is 1. The third-order valence-corrected chi connectivity index (χ3v) is 6.65. The summed E-state index contributed by atoms with van der Waals surface area (Å²) in [5.74, 6) is -2.25. The van der Waals surface area contributed by atoms with Gasteiger partial charge in [0.2, 0.25) is 0 Å². The molecule has 1 aromatic heterocycles. The number of sulfonamides is 1. The maximum atomic E-state index is 13.1. The fraction of sp³-hybridized carbons (Fsp3) is 0. The van der Waals surface area contributed by atoms with E-state index in [1.54, 1.807) is 30.3 Å². The van der Waals surface area contributed by atoms with Crippen LogP contribution in [0.3, 0.4) is 0 Å². The van der Waals surface area contributed by atoms with Gasteiger partial charge in [0.1, 0.15) is 4.99 Å². The van der Waals surface area contributed by atoms with Crippen LogP contribution in [0, 0.1) is 0 Å². The quantitative estimate of drug-likeness (QED) is 0.277. The first-order chi connectivity index (χ1) is 16.6. The number of carboxylic acids is 1. The Kier molecular flexibility index (Phi) is 6.45. The topological polar surface area (TPSA) is 151 Å². The van der Waals surface area contributed by atoms with Crippen molar-refractivity contribution >= 4 is 61.4 Å². The number of rotatable bonds is 7. The molecule has 0 spiro atoms. The van der Waals surface area contributed by atoms with Gasteiger partial charge in [0.25, 0.3) is 15.9 Å². The van der Waals surface area contributed by atoms with Crippen LogP contribution in [0.4, 0.5) is 11.5 Å². The van der Waals surface area contributed by atoms with E-state index in [0.717, 1.165) is 16.8 Å². The summed E-state index contributed by atoms with van der Waals surface area (Å²) in [5, 5.41) is 13.4. The fourth-order valence-electron chi connectivity index (χ4n) is 3.26. The molecule has 4 aromatic rings. The first-order valence-corrected chi connectivity index (χ1v) is 12.0. The van der Waals surface area contributed by atoms with Crippen LogP contribution in [-0.2, 0) is 10.0 Å². The molecular weight excluding hydrogens is 488 g/mol. The Morgan fingerprint density at radius 1 is 0.886 bits per heavy atom. The van der Waals surface area contributed by atoms with E-state index in [9.17, 15) is 23.1 Å². The van der Waals surface area contributed by atoms with Crippen molar-refractivity contribution in [1.29, 1.82) is 0 Å². The van der Waals surface area contributed by atoms with Gasteiger partial charge in [-0.25, -0.2) is 18.2 Å². The van der Waals surface area contributed by atoms with Gasteiger partial charge in [-0.15, -0.1) is 0 Å². The minimum Gasteiger partial charge on any atom is -0.477 e. The van der Waals surface area contributed by atoms with E-state index in [1.807, 2.05) is 12.1 Å². The number of carboxylic acid groups (broad SMARTS) is 1. The molecule has 0 saturated carbocycles. The highest BCUT2D eigenvalue weighted by atomic mass is 32.2. The molecule has 0 aliphatic rings. The Balaban J connectivity index is 1.67. The number of thiocarbonyl (C=S) groups is 1. The number of nitrogens with one attached hydrogen (secondary N) is 2. The molecule has 0 fully saturated rings. The number of hydrogen-bond acceptors (Lipinski definition) is 6. The minimum atomic E-state index is -4.09. The first kappa shape index (κ1) is 23.8. The maximum absolute atomic E-state index is 13.1. The van der Waals surface area contributed by atoms with Crippen LogP contribution in [0.25, 0.3) is 10.8 Å². The van der Waals surface area contributed by atoms with Gasteiger partial charge in [-0.2, -0.15) is 0 Å². The summed E-state index contributed by atoms with van der Waals surface area (Å²) in [6.45, 7) is 0.